The Morgan fingerprint density at radius 2 is 1.89 bits per heavy atom. The van der Waals surface area contributed by atoms with Crippen LogP contribution in [-0.2, 0) is 6.54 Å². The molecule has 6 heterocycles. The molecule has 2 aliphatic heterocycles. The van der Waals surface area contributed by atoms with Crippen LogP contribution in [0, 0.1) is 11.3 Å². The molecule has 0 aliphatic carbocycles. The highest BCUT2D eigenvalue weighted by molar-refractivity contribution is 5.86. The van der Waals surface area contributed by atoms with E-state index in [-0.39, 0.29) is 6.10 Å². The second-order valence-corrected chi connectivity index (χ2v) is 9.84. The number of nitrogens with zero attached hydrogens (tertiary/aromatic N) is 8. The second kappa shape index (κ2) is 10.3. The molecule has 2 aliphatic rings. The zero-order valence-corrected chi connectivity index (χ0v) is 21.4. The fraction of sp³-hybridized carbons (Fsp3) is 0.357. The summed E-state index contributed by atoms with van der Waals surface area (Å²) in [5.41, 5.74) is 5.30. The number of fused-ring (bicyclic) bond motifs is 1. The van der Waals surface area contributed by atoms with E-state index < -0.39 is 0 Å². The highest BCUT2D eigenvalue weighted by Crippen LogP contribution is 2.33. The number of hydrogen-bond acceptors (Lipinski definition) is 9. The SMILES string of the molecule is COc1ccc(CN2CCN(c3ccc(-c4cc(N5CCC(O)C5)cn5ncc(C#N)c45)cn3)CC2)cn1. The summed E-state index contributed by atoms with van der Waals surface area (Å²) in [5.74, 6) is 1.58. The van der Waals surface area contributed by atoms with Gasteiger partial charge in [-0.15, -0.1) is 0 Å². The molecule has 0 amide bonds. The summed E-state index contributed by atoms with van der Waals surface area (Å²) in [6.45, 7) is 5.93. The Kier molecular flexibility index (Phi) is 6.54. The minimum atomic E-state index is -0.323. The zero-order valence-electron chi connectivity index (χ0n) is 21.4. The summed E-state index contributed by atoms with van der Waals surface area (Å²) in [5, 5.41) is 24.1. The van der Waals surface area contributed by atoms with Crippen molar-refractivity contribution in [2.24, 2.45) is 0 Å². The molecule has 38 heavy (non-hydrogen) atoms. The van der Waals surface area contributed by atoms with Crippen molar-refractivity contribution >= 4 is 17.0 Å². The first-order valence-corrected chi connectivity index (χ1v) is 12.9. The van der Waals surface area contributed by atoms with Gasteiger partial charge in [0.05, 0.1) is 42.4 Å². The number of nitriles is 1. The molecule has 0 saturated carbocycles. The summed E-state index contributed by atoms with van der Waals surface area (Å²) >= 11 is 0. The number of methoxy groups -OCH3 is 1. The monoisotopic (exact) mass is 510 g/mol. The van der Waals surface area contributed by atoms with E-state index in [9.17, 15) is 10.4 Å². The van der Waals surface area contributed by atoms with E-state index in [0.717, 1.165) is 73.8 Å². The van der Waals surface area contributed by atoms with Gasteiger partial charge in [-0.1, -0.05) is 6.07 Å². The number of β-amino-alcohol motifs (C(OH)–C–C–N with tert-alkyl or cyclic N) is 1. The van der Waals surface area contributed by atoms with Crippen LogP contribution in [0.4, 0.5) is 11.5 Å². The first-order valence-electron chi connectivity index (χ1n) is 12.9. The number of hydrogen-bond donors (Lipinski definition) is 1. The molecule has 4 aromatic heterocycles. The van der Waals surface area contributed by atoms with Crippen LogP contribution in [0.15, 0.2) is 55.1 Å². The topological polar surface area (TPSA) is 106 Å². The lowest BCUT2D eigenvalue weighted by atomic mass is 10.0. The molecular weight excluding hydrogens is 480 g/mol. The normalized spacial score (nSPS) is 18.2. The van der Waals surface area contributed by atoms with Gasteiger partial charge in [0.25, 0.3) is 0 Å². The van der Waals surface area contributed by atoms with Gasteiger partial charge in [0, 0.05) is 75.4 Å². The van der Waals surface area contributed by atoms with Gasteiger partial charge >= 0.3 is 0 Å². The van der Waals surface area contributed by atoms with Crippen molar-refractivity contribution in [1.82, 2.24) is 24.5 Å². The van der Waals surface area contributed by atoms with Gasteiger partial charge < -0.3 is 19.6 Å². The number of anilines is 2. The van der Waals surface area contributed by atoms with Crippen molar-refractivity contribution in [3.8, 4) is 23.1 Å². The molecule has 0 bridgehead atoms. The van der Waals surface area contributed by atoms with Gasteiger partial charge in [-0.05, 0) is 30.2 Å². The molecule has 1 atom stereocenters. The predicted molar refractivity (Wildman–Crippen MR) is 144 cm³/mol. The van der Waals surface area contributed by atoms with E-state index in [4.69, 9.17) is 9.72 Å². The minimum Gasteiger partial charge on any atom is -0.481 e. The third-order valence-electron chi connectivity index (χ3n) is 7.41. The maximum Gasteiger partial charge on any atom is 0.212 e. The fourth-order valence-electron chi connectivity index (χ4n) is 5.31. The van der Waals surface area contributed by atoms with Gasteiger partial charge in [-0.2, -0.15) is 10.4 Å². The van der Waals surface area contributed by atoms with E-state index in [1.54, 1.807) is 17.8 Å². The molecule has 1 unspecified atom stereocenters. The van der Waals surface area contributed by atoms with Crippen molar-refractivity contribution in [3.63, 3.8) is 0 Å². The average molecular weight is 511 g/mol. The van der Waals surface area contributed by atoms with E-state index in [1.165, 1.54) is 5.56 Å². The number of ether oxygens (including phenoxy) is 1. The van der Waals surface area contributed by atoms with Crippen LogP contribution in [-0.4, -0.2) is 82.1 Å². The van der Waals surface area contributed by atoms with Crippen molar-refractivity contribution in [1.29, 1.82) is 5.26 Å². The molecule has 194 valence electrons. The van der Waals surface area contributed by atoms with Gasteiger partial charge in [0.2, 0.25) is 5.88 Å². The largest absolute Gasteiger partial charge is 0.481 e. The molecule has 4 aromatic rings. The Hall–Kier alpha value is -4.20. The van der Waals surface area contributed by atoms with Crippen molar-refractivity contribution < 1.29 is 9.84 Å². The molecule has 10 heteroatoms. The molecule has 0 radical (unpaired) electrons. The van der Waals surface area contributed by atoms with Crippen molar-refractivity contribution in [3.05, 3.63) is 66.2 Å². The molecule has 0 aromatic carbocycles. The number of aromatic nitrogens is 4. The van der Waals surface area contributed by atoms with Crippen LogP contribution in [0.2, 0.25) is 0 Å². The number of aliphatic hydroxyl groups is 1. The molecule has 6 rings (SSSR count). The molecule has 2 saturated heterocycles. The standard InChI is InChI=1S/C28H30N8O2/c1-38-27-5-2-20(14-31-27)17-33-8-10-34(11-9-33)26-4-3-21(15-30-26)25-12-23(35-7-6-24(37)19-35)18-36-28(25)22(13-29)16-32-36/h2-5,12,14-16,18,24,37H,6-11,17,19H2,1H3. The minimum absolute atomic E-state index is 0.323. The van der Waals surface area contributed by atoms with Crippen LogP contribution in [0.5, 0.6) is 5.88 Å². The van der Waals surface area contributed by atoms with E-state index in [2.05, 4.69) is 55.1 Å². The average Bonchev–Trinajstić information content (AvgIpc) is 3.59. The van der Waals surface area contributed by atoms with E-state index >= 15 is 0 Å². The smallest absolute Gasteiger partial charge is 0.212 e. The third-order valence-corrected chi connectivity index (χ3v) is 7.41. The summed E-state index contributed by atoms with van der Waals surface area (Å²) in [4.78, 5) is 16.0. The Morgan fingerprint density at radius 1 is 1.03 bits per heavy atom. The van der Waals surface area contributed by atoms with Gasteiger partial charge in [-0.25, -0.2) is 14.5 Å². The highest BCUT2D eigenvalue weighted by atomic mass is 16.5. The van der Waals surface area contributed by atoms with E-state index in [0.29, 0.717) is 18.0 Å². The summed E-state index contributed by atoms with van der Waals surface area (Å²) < 4.78 is 6.92. The highest BCUT2D eigenvalue weighted by Gasteiger charge is 2.23. The van der Waals surface area contributed by atoms with Gasteiger partial charge in [0.1, 0.15) is 11.9 Å². The van der Waals surface area contributed by atoms with Crippen LogP contribution in [0.25, 0.3) is 16.6 Å². The lowest BCUT2D eigenvalue weighted by Gasteiger charge is -2.35. The first kappa shape index (κ1) is 24.2. The maximum atomic E-state index is 10.0. The van der Waals surface area contributed by atoms with Gasteiger partial charge in [-0.3, -0.25) is 4.90 Å². The molecule has 1 N–H and O–H groups in total. The molecule has 10 nitrogen and oxygen atoms in total. The molecule has 2 fully saturated rings. The molecular formula is C28H30N8O2. The van der Waals surface area contributed by atoms with Crippen molar-refractivity contribution in [2.45, 2.75) is 19.1 Å². The lowest BCUT2D eigenvalue weighted by Crippen LogP contribution is -2.46. The number of piperazine rings is 1. The Labute approximate surface area is 221 Å². The first-order chi connectivity index (χ1) is 18.6. The zero-order chi connectivity index (χ0) is 26.1. The van der Waals surface area contributed by atoms with Crippen LogP contribution < -0.4 is 14.5 Å². The van der Waals surface area contributed by atoms with Crippen LogP contribution >= 0.6 is 0 Å². The quantitative estimate of drug-likeness (QED) is 0.419. The third kappa shape index (κ3) is 4.74. The van der Waals surface area contributed by atoms with Crippen LogP contribution in [0.3, 0.4) is 0 Å². The second-order valence-electron chi connectivity index (χ2n) is 9.84. The van der Waals surface area contributed by atoms with Crippen molar-refractivity contribution in [2.75, 3.05) is 56.2 Å². The Bertz CT molecular complexity index is 1450. The Morgan fingerprint density at radius 3 is 2.55 bits per heavy atom. The number of rotatable bonds is 6. The predicted octanol–water partition coefficient (Wildman–Crippen LogP) is 2.56. The maximum absolute atomic E-state index is 10.0. The lowest BCUT2D eigenvalue weighted by molar-refractivity contribution is 0.198. The summed E-state index contributed by atoms with van der Waals surface area (Å²) in [7, 11) is 1.63. The van der Waals surface area contributed by atoms with Crippen LogP contribution in [0.1, 0.15) is 17.5 Å². The van der Waals surface area contributed by atoms with E-state index in [1.807, 2.05) is 24.7 Å². The summed E-state index contributed by atoms with van der Waals surface area (Å²) in [6.07, 6.45) is 7.72. The number of pyridine rings is 3. The Balaban J connectivity index is 1.19. The summed E-state index contributed by atoms with van der Waals surface area (Å²) in [6, 6.07) is 12.4. The van der Waals surface area contributed by atoms with Gasteiger partial charge in [0.15, 0.2) is 0 Å². The molecule has 0 spiro atoms. The number of aliphatic hydroxyl groups excluding tert-OH is 1. The fourth-order valence-corrected chi connectivity index (χ4v) is 5.31.